The van der Waals surface area contributed by atoms with E-state index in [1.807, 2.05) is 12.1 Å². The van der Waals surface area contributed by atoms with Crippen LogP contribution in [0.15, 0.2) is 18.2 Å². The lowest BCUT2D eigenvalue weighted by Crippen LogP contribution is -2.27. The molecule has 0 radical (unpaired) electrons. The molecule has 1 heterocycles. The highest BCUT2D eigenvalue weighted by Gasteiger charge is 2.23. The Morgan fingerprint density at radius 2 is 2.05 bits per heavy atom. The van der Waals surface area contributed by atoms with Crippen LogP contribution in [0.5, 0.6) is 0 Å². The van der Waals surface area contributed by atoms with Crippen molar-refractivity contribution >= 4 is 23.2 Å². The van der Waals surface area contributed by atoms with Gasteiger partial charge >= 0.3 is 0 Å². The molecular weight excluding hydrogens is 285 g/mol. The Labute approximate surface area is 124 Å². The number of halogens is 2. The maximum atomic E-state index is 6.28. The minimum atomic E-state index is -0.163. The molecule has 1 unspecified atom stereocenters. The van der Waals surface area contributed by atoms with Gasteiger partial charge in [-0.2, -0.15) is 0 Å². The summed E-state index contributed by atoms with van der Waals surface area (Å²) in [5, 5.41) is 4.89. The van der Waals surface area contributed by atoms with Crippen molar-refractivity contribution in [3.63, 3.8) is 0 Å². The zero-order valence-corrected chi connectivity index (χ0v) is 12.5. The van der Waals surface area contributed by atoms with E-state index < -0.39 is 0 Å². The maximum Gasteiger partial charge on any atom is 0.159 e. The first kappa shape index (κ1) is 15.1. The van der Waals surface area contributed by atoms with Crippen molar-refractivity contribution in [1.29, 1.82) is 0 Å². The first-order chi connectivity index (χ1) is 9.20. The van der Waals surface area contributed by atoms with Crippen LogP contribution < -0.4 is 5.32 Å². The van der Waals surface area contributed by atoms with Gasteiger partial charge < -0.3 is 14.8 Å². The Morgan fingerprint density at radius 1 is 1.32 bits per heavy atom. The van der Waals surface area contributed by atoms with Crippen molar-refractivity contribution in [2.75, 3.05) is 19.8 Å². The summed E-state index contributed by atoms with van der Waals surface area (Å²) < 4.78 is 11.0. The summed E-state index contributed by atoms with van der Waals surface area (Å²) in [4.78, 5) is 0. The predicted molar refractivity (Wildman–Crippen MR) is 77.8 cm³/mol. The van der Waals surface area contributed by atoms with Gasteiger partial charge in [-0.05, 0) is 36.7 Å². The molecule has 0 aliphatic carbocycles. The zero-order chi connectivity index (χ0) is 13.7. The minimum absolute atomic E-state index is 0.0919. The number of nitrogens with one attached hydrogen (secondary N) is 1. The lowest BCUT2D eigenvalue weighted by Gasteiger charge is -2.22. The molecule has 0 amide bonds. The van der Waals surface area contributed by atoms with Crippen molar-refractivity contribution in [2.24, 2.45) is 0 Å². The largest absolute Gasteiger partial charge is 0.350 e. The average molecular weight is 304 g/mol. The molecule has 1 fully saturated rings. The van der Waals surface area contributed by atoms with Gasteiger partial charge in [-0.1, -0.05) is 30.1 Å². The number of benzene rings is 1. The molecular formula is C14H19Cl2NO2. The van der Waals surface area contributed by atoms with Crippen molar-refractivity contribution in [2.45, 2.75) is 32.1 Å². The van der Waals surface area contributed by atoms with E-state index in [0.717, 1.165) is 30.0 Å². The van der Waals surface area contributed by atoms with Gasteiger partial charge in [0.2, 0.25) is 0 Å². The predicted octanol–water partition coefficient (Wildman–Crippen LogP) is 3.80. The van der Waals surface area contributed by atoms with Gasteiger partial charge in [0.05, 0.1) is 13.2 Å². The summed E-state index contributed by atoms with van der Waals surface area (Å²) in [6.45, 7) is 4.37. The third kappa shape index (κ3) is 4.33. The van der Waals surface area contributed by atoms with Gasteiger partial charge in [0, 0.05) is 22.5 Å². The monoisotopic (exact) mass is 303 g/mol. The van der Waals surface area contributed by atoms with E-state index in [9.17, 15) is 0 Å². The molecule has 106 valence electrons. The van der Waals surface area contributed by atoms with Gasteiger partial charge in [-0.3, -0.25) is 0 Å². The molecule has 0 aromatic heterocycles. The fourth-order valence-electron chi connectivity index (χ4n) is 2.16. The molecule has 1 aliphatic heterocycles. The molecule has 0 saturated carbocycles. The maximum absolute atomic E-state index is 6.28. The molecule has 0 bridgehead atoms. The Hall–Kier alpha value is -0.320. The molecule has 1 aromatic carbocycles. The molecule has 1 saturated heterocycles. The first-order valence-corrected chi connectivity index (χ1v) is 7.38. The smallest absolute Gasteiger partial charge is 0.159 e. The highest BCUT2D eigenvalue weighted by Crippen LogP contribution is 2.30. The minimum Gasteiger partial charge on any atom is -0.350 e. The van der Waals surface area contributed by atoms with E-state index >= 15 is 0 Å². The molecule has 5 heteroatoms. The zero-order valence-electron chi connectivity index (χ0n) is 11.0. The van der Waals surface area contributed by atoms with Crippen LogP contribution in [0, 0.1) is 0 Å². The second-order valence-corrected chi connectivity index (χ2v) is 5.42. The molecule has 19 heavy (non-hydrogen) atoms. The first-order valence-electron chi connectivity index (χ1n) is 6.62. The Kier molecular flexibility index (Phi) is 5.92. The normalized spacial score (nSPS) is 17.8. The van der Waals surface area contributed by atoms with Crippen LogP contribution in [-0.4, -0.2) is 26.0 Å². The lowest BCUT2D eigenvalue weighted by molar-refractivity contribution is -0.0529. The molecule has 0 spiro atoms. The Morgan fingerprint density at radius 3 is 2.74 bits per heavy atom. The summed E-state index contributed by atoms with van der Waals surface area (Å²) in [6.07, 6.45) is 1.63. The van der Waals surface area contributed by atoms with Crippen molar-refractivity contribution in [3.8, 4) is 0 Å². The summed E-state index contributed by atoms with van der Waals surface area (Å²) in [5.74, 6) is 0. The molecule has 1 aliphatic rings. The summed E-state index contributed by atoms with van der Waals surface area (Å²) in [5.41, 5.74) is 1.00. The molecule has 1 N–H and O–H groups in total. The van der Waals surface area contributed by atoms with Crippen LogP contribution >= 0.6 is 23.2 Å². The van der Waals surface area contributed by atoms with Gasteiger partial charge in [-0.15, -0.1) is 0 Å². The highest BCUT2D eigenvalue weighted by molar-refractivity contribution is 6.33. The van der Waals surface area contributed by atoms with Crippen LogP contribution in [0.25, 0.3) is 0 Å². The van der Waals surface area contributed by atoms with Crippen LogP contribution in [-0.2, 0) is 9.47 Å². The lowest BCUT2D eigenvalue weighted by atomic mass is 10.0. The van der Waals surface area contributed by atoms with Gasteiger partial charge in [0.25, 0.3) is 0 Å². The number of rotatable bonds is 6. The van der Waals surface area contributed by atoms with Gasteiger partial charge in [0.15, 0.2) is 6.29 Å². The van der Waals surface area contributed by atoms with Crippen LogP contribution in [0.4, 0.5) is 0 Å². The second kappa shape index (κ2) is 7.46. The van der Waals surface area contributed by atoms with E-state index in [2.05, 4.69) is 12.2 Å². The number of ether oxygens (including phenoxy) is 2. The molecule has 1 aromatic rings. The van der Waals surface area contributed by atoms with E-state index in [1.165, 1.54) is 0 Å². The quantitative estimate of drug-likeness (QED) is 0.867. The van der Waals surface area contributed by atoms with Gasteiger partial charge in [0.1, 0.15) is 0 Å². The molecule has 3 nitrogen and oxygen atoms in total. The standard InChI is InChI=1S/C14H19Cl2NO2/c1-2-5-17-13(9-14-18-6-7-19-14)11-8-10(15)3-4-12(11)16/h3-4,8,13-14,17H,2,5-7,9H2,1H3. The summed E-state index contributed by atoms with van der Waals surface area (Å²) in [6, 6.07) is 5.63. The van der Waals surface area contributed by atoms with Crippen LogP contribution in [0.2, 0.25) is 10.0 Å². The Bertz CT molecular complexity index is 408. The van der Waals surface area contributed by atoms with Gasteiger partial charge in [-0.25, -0.2) is 0 Å². The topological polar surface area (TPSA) is 30.5 Å². The third-order valence-corrected chi connectivity index (χ3v) is 3.67. The van der Waals surface area contributed by atoms with E-state index in [0.29, 0.717) is 18.2 Å². The fraction of sp³-hybridized carbons (Fsp3) is 0.571. The SMILES string of the molecule is CCCNC(CC1OCCO1)c1cc(Cl)ccc1Cl. The summed E-state index contributed by atoms with van der Waals surface area (Å²) >= 11 is 12.3. The third-order valence-electron chi connectivity index (χ3n) is 3.09. The number of hydrogen-bond donors (Lipinski definition) is 1. The van der Waals surface area contributed by atoms with Crippen LogP contribution in [0.3, 0.4) is 0 Å². The van der Waals surface area contributed by atoms with E-state index in [1.54, 1.807) is 6.07 Å². The Balaban J connectivity index is 2.12. The average Bonchev–Trinajstić information content (AvgIpc) is 2.90. The van der Waals surface area contributed by atoms with E-state index in [4.69, 9.17) is 32.7 Å². The molecule has 2 rings (SSSR count). The van der Waals surface area contributed by atoms with Crippen molar-refractivity contribution in [3.05, 3.63) is 33.8 Å². The van der Waals surface area contributed by atoms with Crippen LogP contribution in [0.1, 0.15) is 31.4 Å². The van der Waals surface area contributed by atoms with E-state index in [-0.39, 0.29) is 12.3 Å². The van der Waals surface area contributed by atoms with Crippen molar-refractivity contribution < 1.29 is 9.47 Å². The highest BCUT2D eigenvalue weighted by atomic mass is 35.5. The second-order valence-electron chi connectivity index (χ2n) is 4.58. The molecule has 1 atom stereocenters. The fourth-order valence-corrected chi connectivity index (χ4v) is 2.59. The summed E-state index contributed by atoms with van der Waals surface area (Å²) in [7, 11) is 0. The van der Waals surface area contributed by atoms with Crippen molar-refractivity contribution in [1.82, 2.24) is 5.32 Å². The number of hydrogen-bond acceptors (Lipinski definition) is 3.